The third-order valence-corrected chi connectivity index (χ3v) is 4.38. The predicted octanol–water partition coefficient (Wildman–Crippen LogP) is 3.16. The maximum atomic E-state index is 12.5. The van der Waals surface area contributed by atoms with E-state index in [0.29, 0.717) is 17.4 Å². The van der Waals surface area contributed by atoms with Crippen molar-refractivity contribution in [3.63, 3.8) is 0 Å². The Bertz CT molecular complexity index is 654. The number of aromatic nitrogens is 1. The lowest BCUT2D eigenvalue weighted by atomic mass is 9.98. The number of likely N-dealkylation sites (tertiary alicyclic amines) is 1. The summed E-state index contributed by atoms with van der Waals surface area (Å²) in [6.45, 7) is 5.07. The fourth-order valence-electron chi connectivity index (χ4n) is 3.11. The Hall–Kier alpha value is -2.14. The number of ether oxygens (including phenoxy) is 1. The topological polar surface area (TPSA) is 55.6 Å². The van der Waals surface area contributed by atoms with Crippen LogP contribution in [0.25, 0.3) is 11.3 Å². The second kappa shape index (κ2) is 8.11. The van der Waals surface area contributed by atoms with Gasteiger partial charge >= 0.3 is 0 Å². The zero-order valence-electron chi connectivity index (χ0n) is 14.1. The van der Waals surface area contributed by atoms with Crippen molar-refractivity contribution >= 4 is 5.91 Å². The van der Waals surface area contributed by atoms with E-state index >= 15 is 0 Å². The van der Waals surface area contributed by atoms with Crippen LogP contribution in [0.15, 0.2) is 40.9 Å². The number of hydrogen-bond donors (Lipinski definition) is 0. The molecule has 0 spiro atoms. The van der Waals surface area contributed by atoms with Crippen LogP contribution in [0.1, 0.15) is 25.5 Å². The smallest absolute Gasteiger partial charge is 0.228 e. The number of carbonyl (C=O) groups excluding carboxylic acids is 1. The molecule has 1 aromatic heterocycles. The van der Waals surface area contributed by atoms with Crippen LogP contribution in [0.2, 0.25) is 0 Å². The molecule has 1 aliphatic heterocycles. The molecule has 5 nitrogen and oxygen atoms in total. The van der Waals surface area contributed by atoms with Crippen LogP contribution in [-0.4, -0.2) is 42.3 Å². The summed E-state index contributed by atoms with van der Waals surface area (Å²) in [5.74, 6) is 1.26. The van der Waals surface area contributed by atoms with Crippen molar-refractivity contribution in [2.45, 2.75) is 26.2 Å². The van der Waals surface area contributed by atoms with Gasteiger partial charge in [0.15, 0.2) is 5.76 Å². The lowest BCUT2D eigenvalue weighted by Gasteiger charge is -2.32. The molecule has 1 amide bonds. The molecule has 0 bridgehead atoms. The standard InChI is InChI=1S/C19H24N2O3/c1-2-23-14-15-7-6-10-21(13-15)19(22)12-17-11-18(24-20-17)16-8-4-3-5-9-16/h3-5,8-9,11,15H,2,6-7,10,12-14H2,1H3. The van der Waals surface area contributed by atoms with Crippen molar-refractivity contribution in [1.82, 2.24) is 10.1 Å². The average molecular weight is 328 g/mol. The van der Waals surface area contributed by atoms with Gasteiger partial charge in [0.05, 0.1) is 18.7 Å². The number of nitrogens with zero attached hydrogens (tertiary/aromatic N) is 2. The van der Waals surface area contributed by atoms with E-state index < -0.39 is 0 Å². The third-order valence-electron chi connectivity index (χ3n) is 4.38. The number of hydrogen-bond acceptors (Lipinski definition) is 4. The van der Waals surface area contributed by atoms with Crippen molar-refractivity contribution in [2.24, 2.45) is 5.92 Å². The van der Waals surface area contributed by atoms with E-state index in [-0.39, 0.29) is 12.3 Å². The largest absolute Gasteiger partial charge is 0.381 e. The molecule has 1 aliphatic rings. The van der Waals surface area contributed by atoms with E-state index in [1.807, 2.05) is 48.2 Å². The van der Waals surface area contributed by atoms with Crippen molar-refractivity contribution in [1.29, 1.82) is 0 Å². The second-order valence-electron chi connectivity index (χ2n) is 6.23. The normalized spacial score (nSPS) is 17.9. The third kappa shape index (κ3) is 4.23. The lowest BCUT2D eigenvalue weighted by molar-refractivity contribution is -0.132. The van der Waals surface area contributed by atoms with Crippen molar-refractivity contribution in [2.75, 3.05) is 26.3 Å². The van der Waals surface area contributed by atoms with Crippen LogP contribution in [-0.2, 0) is 16.0 Å². The molecule has 1 atom stereocenters. The fourth-order valence-corrected chi connectivity index (χ4v) is 3.11. The molecule has 1 fully saturated rings. The molecule has 128 valence electrons. The molecule has 0 saturated carbocycles. The maximum Gasteiger partial charge on any atom is 0.228 e. The van der Waals surface area contributed by atoms with Gasteiger partial charge < -0.3 is 14.2 Å². The molecule has 0 radical (unpaired) electrons. The minimum absolute atomic E-state index is 0.115. The van der Waals surface area contributed by atoms with Crippen LogP contribution in [0, 0.1) is 5.92 Å². The minimum Gasteiger partial charge on any atom is -0.381 e. The van der Waals surface area contributed by atoms with Crippen LogP contribution >= 0.6 is 0 Å². The van der Waals surface area contributed by atoms with E-state index in [1.165, 1.54) is 0 Å². The molecule has 0 N–H and O–H groups in total. The maximum absolute atomic E-state index is 12.5. The average Bonchev–Trinajstić information content (AvgIpc) is 3.09. The fraction of sp³-hybridized carbons (Fsp3) is 0.474. The summed E-state index contributed by atoms with van der Waals surface area (Å²) in [6, 6.07) is 11.7. The molecule has 1 saturated heterocycles. The van der Waals surface area contributed by atoms with Crippen LogP contribution in [0.3, 0.4) is 0 Å². The Balaban J connectivity index is 1.58. The molecule has 1 unspecified atom stereocenters. The molecular formula is C19H24N2O3. The summed E-state index contributed by atoms with van der Waals surface area (Å²) >= 11 is 0. The van der Waals surface area contributed by atoms with Gasteiger partial charge in [-0.1, -0.05) is 35.5 Å². The zero-order chi connectivity index (χ0) is 16.8. The van der Waals surface area contributed by atoms with E-state index in [9.17, 15) is 4.79 Å². The summed E-state index contributed by atoms with van der Waals surface area (Å²) < 4.78 is 10.9. The molecule has 0 aliphatic carbocycles. The Morgan fingerprint density at radius 1 is 1.38 bits per heavy atom. The van der Waals surface area contributed by atoms with Gasteiger partial charge in [0.1, 0.15) is 0 Å². The molecule has 2 aromatic rings. The van der Waals surface area contributed by atoms with Gasteiger partial charge in [-0.05, 0) is 25.7 Å². The number of amides is 1. The van der Waals surface area contributed by atoms with Crippen LogP contribution in [0.4, 0.5) is 0 Å². The predicted molar refractivity (Wildman–Crippen MR) is 91.4 cm³/mol. The Morgan fingerprint density at radius 2 is 2.21 bits per heavy atom. The molecule has 24 heavy (non-hydrogen) atoms. The Morgan fingerprint density at radius 3 is 3.00 bits per heavy atom. The van der Waals surface area contributed by atoms with E-state index in [2.05, 4.69) is 5.16 Å². The number of piperidine rings is 1. The van der Waals surface area contributed by atoms with Gasteiger partial charge in [-0.2, -0.15) is 0 Å². The van der Waals surface area contributed by atoms with E-state index in [0.717, 1.165) is 44.7 Å². The van der Waals surface area contributed by atoms with Gasteiger partial charge in [-0.25, -0.2) is 0 Å². The highest BCUT2D eigenvalue weighted by molar-refractivity contribution is 5.78. The first-order valence-corrected chi connectivity index (χ1v) is 8.62. The highest BCUT2D eigenvalue weighted by Crippen LogP contribution is 2.21. The Labute approximate surface area is 142 Å². The summed E-state index contributed by atoms with van der Waals surface area (Å²) in [5, 5.41) is 4.05. The summed E-state index contributed by atoms with van der Waals surface area (Å²) in [7, 11) is 0. The van der Waals surface area contributed by atoms with Crippen LogP contribution < -0.4 is 0 Å². The molecular weight excluding hydrogens is 304 g/mol. The zero-order valence-corrected chi connectivity index (χ0v) is 14.1. The van der Waals surface area contributed by atoms with Crippen molar-refractivity contribution in [3.05, 3.63) is 42.1 Å². The van der Waals surface area contributed by atoms with Crippen LogP contribution in [0.5, 0.6) is 0 Å². The number of rotatable bonds is 6. The van der Waals surface area contributed by atoms with E-state index in [1.54, 1.807) is 0 Å². The molecule has 2 heterocycles. The quantitative estimate of drug-likeness (QED) is 0.817. The first-order valence-electron chi connectivity index (χ1n) is 8.62. The van der Waals surface area contributed by atoms with Gasteiger partial charge in [0, 0.05) is 31.3 Å². The summed E-state index contributed by atoms with van der Waals surface area (Å²) in [4.78, 5) is 14.5. The monoisotopic (exact) mass is 328 g/mol. The highest BCUT2D eigenvalue weighted by Gasteiger charge is 2.24. The first-order chi connectivity index (χ1) is 11.8. The minimum atomic E-state index is 0.115. The van der Waals surface area contributed by atoms with Gasteiger partial charge in [-0.15, -0.1) is 0 Å². The first kappa shape index (κ1) is 16.7. The van der Waals surface area contributed by atoms with E-state index in [4.69, 9.17) is 9.26 Å². The summed E-state index contributed by atoms with van der Waals surface area (Å²) in [6.07, 6.45) is 2.46. The molecule has 3 rings (SSSR count). The number of carbonyl (C=O) groups is 1. The van der Waals surface area contributed by atoms with Gasteiger partial charge in [0.2, 0.25) is 5.91 Å². The van der Waals surface area contributed by atoms with Crippen molar-refractivity contribution < 1.29 is 14.1 Å². The summed E-state index contributed by atoms with van der Waals surface area (Å²) in [5.41, 5.74) is 1.66. The lowest BCUT2D eigenvalue weighted by Crippen LogP contribution is -2.42. The van der Waals surface area contributed by atoms with Gasteiger partial charge in [-0.3, -0.25) is 4.79 Å². The van der Waals surface area contributed by atoms with Gasteiger partial charge in [0.25, 0.3) is 0 Å². The number of benzene rings is 1. The van der Waals surface area contributed by atoms with Crippen molar-refractivity contribution in [3.8, 4) is 11.3 Å². The molecule has 5 heteroatoms. The Kier molecular flexibility index (Phi) is 5.64. The second-order valence-corrected chi connectivity index (χ2v) is 6.23. The highest BCUT2D eigenvalue weighted by atomic mass is 16.5. The molecule has 1 aromatic carbocycles. The SMILES string of the molecule is CCOCC1CCCN(C(=O)Cc2cc(-c3ccccc3)on2)C1.